The number of aromatic nitrogens is 2. The van der Waals surface area contributed by atoms with Gasteiger partial charge in [0.15, 0.2) is 5.82 Å². The Morgan fingerprint density at radius 2 is 1.46 bits per heavy atom. The lowest BCUT2D eigenvalue weighted by Crippen LogP contribution is -2.40. The molecule has 0 saturated heterocycles. The number of halogens is 3. The monoisotopic (exact) mass is 595 g/mol. The van der Waals surface area contributed by atoms with Crippen LogP contribution < -0.4 is 0 Å². The number of alkyl halides is 3. The van der Waals surface area contributed by atoms with Crippen LogP contribution >= 0.6 is 0 Å². The van der Waals surface area contributed by atoms with Crippen molar-refractivity contribution in [3.05, 3.63) is 70.7 Å². The van der Waals surface area contributed by atoms with Gasteiger partial charge in [0, 0.05) is 23.1 Å². The Labute approximate surface area is 240 Å². The maximum Gasteiger partial charge on any atom is 0.501 e. The summed E-state index contributed by atoms with van der Waals surface area (Å²) in [5.74, 6) is 1.05. The zero-order valence-corrected chi connectivity index (χ0v) is 24.6. The summed E-state index contributed by atoms with van der Waals surface area (Å²) >= 11 is 0. The summed E-state index contributed by atoms with van der Waals surface area (Å²) in [6.45, 7) is 4.23. The number of sulfone groups is 1. The molecular weight excluding hydrogens is 555 g/mol. The third-order valence-corrected chi connectivity index (χ3v) is 8.70. The molecule has 1 unspecified atom stereocenters. The molecule has 11 heteroatoms. The van der Waals surface area contributed by atoms with Crippen LogP contribution in [-0.4, -0.2) is 35.3 Å². The molecule has 0 amide bonds. The van der Waals surface area contributed by atoms with Gasteiger partial charge in [-0.15, -0.1) is 0 Å². The van der Waals surface area contributed by atoms with Crippen LogP contribution in [0.5, 0.6) is 0 Å². The van der Waals surface area contributed by atoms with E-state index in [1.165, 1.54) is 57.1 Å². The van der Waals surface area contributed by atoms with E-state index in [2.05, 4.69) is 17.1 Å². The molecular formula is C30H40F3N3O4S. The Bertz CT molecular complexity index is 1330. The average molecular weight is 596 g/mol. The molecule has 2 aromatic carbocycles. The molecule has 226 valence electrons. The summed E-state index contributed by atoms with van der Waals surface area (Å²) in [5, 5.41) is 17.7. The number of hydrogen-bond donors (Lipinski definition) is 0. The van der Waals surface area contributed by atoms with Gasteiger partial charge in [0.25, 0.3) is 15.7 Å². The normalized spacial score (nSPS) is 13.8. The molecule has 0 fully saturated rings. The summed E-state index contributed by atoms with van der Waals surface area (Å²) in [4.78, 5) is 3.68. The zero-order valence-electron chi connectivity index (χ0n) is 23.8. The van der Waals surface area contributed by atoms with Crippen molar-refractivity contribution in [1.82, 2.24) is 10.1 Å². The van der Waals surface area contributed by atoms with Crippen LogP contribution in [0.15, 0.2) is 57.9 Å². The first-order chi connectivity index (χ1) is 19.5. The molecule has 0 aliphatic carbocycles. The number of benzene rings is 2. The lowest BCUT2D eigenvalue weighted by molar-refractivity contribution is -0.905. The molecule has 1 aromatic heterocycles. The molecule has 0 N–H and O–H groups in total. The summed E-state index contributed by atoms with van der Waals surface area (Å²) in [6.07, 6.45) is 11.9. The summed E-state index contributed by atoms with van der Waals surface area (Å²) < 4.78 is 66.5. The molecule has 1 heterocycles. The lowest BCUT2D eigenvalue weighted by Gasteiger charge is -2.42. The van der Waals surface area contributed by atoms with E-state index in [1.54, 1.807) is 6.92 Å². The lowest BCUT2D eigenvalue weighted by atomic mass is 10.1. The second-order valence-corrected chi connectivity index (χ2v) is 12.5. The van der Waals surface area contributed by atoms with Crippen LogP contribution in [0.3, 0.4) is 0 Å². The third kappa shape index (κ3) is 9.65. The number of aryl methyl sites for hydroxylation is 1. The molecule has 7 nitrogen and oxygen atoms in total. The van der Waals surface area contributed by atoms with Crippen molar-refractivity contribution in [2.75, 3.05) is 6.54 Å². The standard InChI is InChI=1S/C30H40F3N3O4S/c1-3-5-6-7-8-9-10-11-12-16-28-34-29(40-35-28)26-15-13-14-25(21-26)23-36(37,4-2)22-24-17-19-27(20-18-24)41(38,39)30(31,32)33/h13-15,17-21H,3-12,16,22-23H2,1-2H3. The molecule has 0 aliphatic rings. The average Bonchev–Trinajstić information content (AvgIpc) is 3.41. The predicted molar refractivity (Wildman–Crippen MR) is 152 cm³/mol. The fraction of sp³-hybridized carbons (Fsp3) is 0.533. The molecule has 1 atom stereocenters. The summed E-state index contributed by atoms with van der Waals surface area (Å²) in [5.41, 5.74) is -3.49. The Morgan fingerprint density at radius 1 is 0.854 bits per heavy atom. The molecule has 41 heavy (non-hydrogen) atoms. The van der Waals surface area contributed by atoms with Gasteiger partial charge in [-0.3, -0.25) is 0 Å². The highest BCUT2D eigenvalue weighted by atomic mass is 32.2. The first-order valence-corrected chi connectivity index (χ1v) is 15.8. The van der Waals surface area contributed by atoms with Gasteiger partial charge in [0.2, 0.25) is 0 Å². The van der Waals surface area contributed by atoms with Crippen LogP contribution in [0.2, 0.25) is 0 Å². The van der Waals surface area contributed by atoms with Crippen molar-refractivity contribution in [1.29, 1.82) is 0 Å². The number of hydrogen-bond acceptors (Lipinski definition) is 6. The predicted octanol–water partition coefficient (Wildman–Crippen LogP) is 8.14. The summed E-state index contributed by atoms with van der Waals surface area (Å²) in [7, 11) is -5.44. The summed E-state index contributed by atoms with van der Waals surface area (Å²) in [6, 6.07) is 11.6. The molecule has 3 aromatic rings. The van der Waals surface area contributed by atoms with Gasteiger partial charge >= 0.3 is 5.51 Å². The largest absolute Gasteiger partial charge is 0.632 e. The minimum Gasteiger partial charge on any atom is -0.632 e. The Kier molecular flexibility index (Phi) is 11.9. The number of rotatable bonds is 17. The van der Waals surface area contributed by atoms with Crippen molar-refractivity contribution < 1.29 is 30.8 Å². The highest BCUT2D eigenvalue weighted by Crippen LogP contribution is 2.31. The number of unbranched alkanes of at least 4 members (excludes halogenated alkanes) is 8. The first kappa shape index (κ1) is 32.8. The Hall–Kier alpha value is -2.76. The highest BCUT2D eigenvalue weighted by Gasteiger charge is 2.46. The van der Waals surface area contributed by atoms with Crippen molar-refractivity contribution in [2.24, 2.45) is 0 Å². The van der Waals surface area contributed by atoms with Crippen LogP contribution in [-0.2, 0) is 29.3 Å². The van der Waals surface area contributed by atoms with Crippen LogP contribution in [0.4, 0.5) is 13.2 Å². The van der Waals surface area contributed by atoms with Gasteiger partial charge in [0.05, 0.1) is 11.4 Å². The molecule has 0 spiro atoms. The topological polar surface area (TPSA) is 96.1 Å². The SMILES string of the molecule is CCCCCCCCCCCc1noc(-c2cccc(C[N+]([O-])(CC)Cc3ccc(S(=O)(=O)C(F)(F)F)cc3)c2)n1. The minimum atomic E-state index is -5.44. The van der Waals surface area contributed by atoms with Crippen LogP contribution in [0.1, 0.15) is 88.6 Å². The van der Waals surface area contributed by atoms with Crippen LogP contribution in [0.25, 0.3) is 11.5 Å². The minimum absolute atomic E-state index is 0.0312. The molecule has 3 rings (SSSR count). The maximum absolute atomic E-state index is 13.5. The van der Waals surface area contributed by atoms with E-state index in [9.17, 15) is 26.8 Å². The third-order valence-electron chi connectivity index (χ3n) is 7.20. The zero-order chi connectivity index (χ0) is 29.9. The van der Waals surface area contributed by atoms with E-state index in [-0.39, 0.29) is 19.6 Å². The number of quaternary nitrogens is 1. The maximum atomic E-state index is 13.5. The smallest absolute Gasteiger partial charge is 0.501 e. The van der Waals surface area contributed by atoms with E-state index in [0.29, 0.717) is 22.8 Å². The second kappa shape index (κ2) is 14.9. The highest BCUT2D eigenvalue weighted by molar-refractivity contribution is 7.92. The molecule has 0 aliphatic heterocycles. The van der Waals surface area contributed by atoms with Crippen molar-refractivity contribution in [3.8, 4) is 11.5 Å². The molecule has 0 radical (unpaired) electrons. The Balaban J connectivity index is 1.56. The van der Waals surface area contributed by atoms with Gasteiger partial charge in [-0.2, -0.15) is 18.2 Å². The van der Waals surface area contributed by atoms with Crippen molar-refractivity contribution in [3.63, 3.8) is 0 Å². The Morgan fingerprint density at radius 3 is 2.07 bits per heavy atom. The number of hydroxylamine groups is 3. The van der Waals surface area contributed by atoms with Gasteiger partial charge in [-0.25, -0.2) is 8.42 Å². The van der Waals surface area contributed by atoms with Crippen molar-refractivity contribution in [2.45, 2.75) is 102 Å². The second-order valence-electron chi connectivity index (χ2n) is 10.6. The quantitative estimate of drug-likeness (QED) is 0.0888. The number of nitrogens with zero attached hydrogens (tertiary/aromatic N) is 3. The van der Waals surface area contributed by atoms with Gasteiger partial charge in [-0.1, -0.05) is 87.7 Å². The first-order valence-electron chi connectivity index (χ1n) is 14.4. The van der Waals surface area contributed by atoms with E-state index in [0.717, 1.165) is 37.0 Å². The van der Waals surface area contributed by atoms with Gasteiger partial charge < -0.3 is 14.4 Å². The molecule has 0 saturated carbocycles. The van der Waals surface area contributed by atoms with Crippen molar-refractivity contribution >= 4 is 9.84 Å². The van der Waals surface area contributed by atoms with Gasteiger partial charge in [-0.05, 0) is 37.6 Å². The van der Waals surface area contributed by atoms with E-state index >= 15 is 0 Å². The molecule has 0 bridgehead atoms. The fourth-order valence-electron chi connectivity index (χ4n) is 4.72. The van der Waals surface area contributed by atoms with Gasteiger partial charge in [0.1, 0.15) is 13.1 Å². The van der Waals surface area contributed by atoms with Crippen LogP contribution in [0, 0.1) is 5.21 Å². The van der Waals surface area contributed by atoms with E-state index < -0.39 is 24.9 Å². The fourth-order valence-corrected chi connectivity index (χ4v) is 5.48. The van der Waals surface area contributed by atoms with E-state index in [4.69, 9.17) is 4.52 Å². The van der Waals surface area contributed by atoms with E-state index in [1.807, 2.05) is 24.3 Å².